The van der Waals surface area contributed by atoms with E-state index in [0.717, 1.165) is 16.9 Å². The molecule has 0 spiro atoms. The molecule has 0 bridgehead atoms. The standard InChI is InChI=1S/C18H20N6O4S/c1-23-8-12(17(22-23)26-3)16-20-21-18(24(16)2)29-9-15(25)19-7-11-4-5-13-14(6-11)28-10-27-13/h4-6,8H,7,9-10H2,1-3H3,(H,19,25). The molecule has 0 saturated carbocycles. The molecular weight excluding hydrogens is 396 g/mol. The summed E-state index contributed by atoms with van der Waals surface area (Å²) < 4.78 is 19.4. The minimum absolute atomic E-state index is 0.101. The number of carbonyl (C=O) groups is 1. The molecule has 0 aliphatic carbocycles. The first kappa shape index (κ1) is 19.1. The van der Waals surface area contributed by atoms with Crippen molar-refractivity contribution in [2.45, 2.75) is 11.7 Å². The Kier molecular flexibility index (Phi) is 5.30. The molecule has 10 nitrogen and oxygen atoms in total. The van der Waals surface area contributed by atoms with Crippen molar-refractivity contribution in [1.29, 1.82) is 0 Å². The van der Waals surface area contributed by atoms with Crippen LogP contribution in [0.15, 0.2) is 29.6 Å². The molecule has 11 heteroatoms. The van der Waals surface area contributed by atoms with Gasteiger partial charge in [0.1, 0.15) is 5.56 Å². The van der Waals surface area contributed by atoms with E-state index >= 15 is 0 Å². The summed E-state index contributed by atoms with van der Waals surface area (Å²) in [5.74, 6) is 2.64. The highest BCUT2D eigenvalue weighted by Crippen LogP contribution is 2.32. The first-order chi connectivity index (χ1) is 14.0. The van der Waals surface area contributed by atoms with E-state index in [2.05, 4.69) is 20.6 Å². The van der Waals surface area contributed by atoms with Gasteiger partial charge in [-0.1, -0.05) is 17.8 Å². The van der Waals surface area contributed by atoms with Gasteiger partial charge in [0.25, 0.3) is 0 Å². The highest BCUT2D eigenvalue weighted by atomic mass is 32.2. The van der Waals surface area contributed by atoms with Gasteiger partial charge >= 0.3 is 0 Å². The SMILES string of the molecule is COc1nn(C)cc1-c1nnc(SCC(=O)NCc2ccc3c(c2)OCO3)n1C. The topological polar surface area (TPSA) is 105 Å². The van der Waals surface area contributed by atoms with E-state index in [4.69, 9.17) is 14.2 Å². The van der Waals surface area contributed by atoms with Crippen LogP contribution in [0.25, 0.3) is 11.4 Å². The largest absolute Gasteiger partial charge is 0.479 e. The molecule has 3 heterocycles. The summed E-state index contributed by atoms with van der Waals surface area (Å²) in [4.78, 5) is 12.2. The summed E-state index contributed by atoms with van der Waals surface area (Å²) in [5.41, 5.74) is 1.68. The second-order valence-electron chi connectivity index (χ2n) is 6.34. The Bertz CT molecular complexity index is 1050. The predicted octanol–water partition coefficient (Wildman–Crippen LogP) is 1.36. The Morgan fingerprint density at radius 2 is 2.10 bits per heavy atom. The number of rotatable bonds is 7. The van der Waals surface area contributed by atoms with Gasteiger partial charge in [-0.2, -0.15) is 0 Å². The quantitative estimate of drug-likeness (QED) is 0.576. The minimum atomic E-state index is -0.101. The van der Waals surface area contributed by atoms with Gasteiger partial charge in [0.15, 0.2) is 22.5 Å². The Labute approximate surface area is 171 Å². The van der Waals surface area contributed by atoms with Gasteiger partial charge in [0.05, 0.1) is 12.9 Å². The fourth-order valence-corrected chi connectivity index (χ4v) is 3.62. The molecule has 152 valence electrons. The van der Waals surface area contributed by atoms with Gasteiger partial charge in [-0.15, -0.1) is 15.3 Å². The lowest BCUT2D eigenvalue weighted by Gasteiger charge is -2.06. The smallest absolute Gasteiger partial charge is 0.243 e. The number of hydrogen-bond donors (Lipinski definition) is 1. The van der Waals surface area contributed by atoms with E-state index in [1.807, 2.05) is 43.1 Å². The van der Waals surface area contributed by atoms with Gasteiger partial charge in [0.2, 0.25) is 18.6 Å². The number of nitrogens with zero attached hydrogens (tertiary/aromatic N) is 5. The number of ether oxygens (including phenoxy) is 3. The molecule has 0 fully saturated rings. The Morgan fingerprint density at radius 1 is 1.28 bits per heavy atom. The molecule has 1 aromatic carbocycles. The lowest BCUT2D eigenvalue weighted by molar-refractivity contribution is -0.118. The van der Waals surface area contributed by atoms with Gasteiger partial charge in [-0.3, -0.25) is 9.48 Å². The maximum atomic E-state index is 12.2. The third-order valence-electron chi connectivity index (χ3n) is 4.32. The number of amides is 1. The molecule has 1 N–H and O–H groups in total. The van der Waals surface area contributed by atoms with Crippen molar-refractivity contribution in [3.63, 3.8) is 0 Å². The number of aryl methyl sites for hydroxylation is 1. The van der Waals surface area contributed by atoms with Crippen LogP contribution in [0, 0.1) is 0 Å². The van der Waals surface area contributed by atoms with E-state index in [-0.39, 0.29) is 18.5 Å². The number of aromatic nitrogens is 5. The van der Waals surface area contributed by atoms with Gasteiger partial charge < -0.3 is 24.1 Å². The number of carbonyl (C=O) groups excluding carboxylic acids is 1. The number of methoxy groups -OCH3 is 1. The van der Waals surface area contributed by atoms with Crippen LogP contribution in [-0.2, 0) is 25.4 Å². The zero-order chi connectivity index (χ0) is 20.4. The maximum Gasteiger partial charge on any atom is 0.243 e. The molecule has 0 saturated heterocycles. The number of benzene rings is 1. The summed E-state index contributed by atoms with van der Waals surface area (Å²) in [5, 5.41) is 16.1. The fraction of sp³-hybridized carbons (Fsp3) is 0.333. The first-order valence-corrected chi connectivity index (χ1v) is 9.79. The summed E-state index contributed by atoms with van der Waals surface area (Å²) in [6.45, 7) is 0.638. The Balaban J connectivity index is 1.34. The summed E-state index contributed by atoms with van der Waals surface area (Å²) in [6, 6.07) is 5.61. The highest BCUT2D eigenvalue weighted by Gasteiger charge is 2.19. The van der Waals surface area contributed by atoms with Crippen LogP contribution in [0.2, 0.25) is 0 Å². The molecule has 2 aromatic heterocycles. The second kappa shape index (κ2) is 8.03. The van der Waals surface area contributed by atoms with Crippen LogP contribution in [0.3, 0.4) is 0 Å². The summed E-state index contributed by atoms with van der Waals surface area (Å²) in [6.07, 6.45) is 1.81. The van der Waals surface area contributed by atoms with Crippen molar-refractivity contribution >= 4 is 17.7 Å². The molecular formula is C18H20N6O4S. The summed E-state index contributed by atoms with van der Waals surface area (Å²) in [7, 11) is 5.21. The Morgan fingerprint density at radius 3 is 2.93 bits per heavy atom. The molecule has 1 aliphatic rings. The van der Waals surface area contributed by atoms with Crippen molar-refractivity contribution in [3.8, 4) is 28.8 Å². The molecule has 1 amide bonds. The van der Waals surface area contributed by atoms with Gasteiger partial charge in [-0.05, 0) is 17.7 Å². The normalized spacial score (nSPS) is 12.2. The predicted molar refractivity (Wildman–Crippen MR) is 105 cm³/mol. The van der Waals surface area contributed by atoms with Crippen LogP contribution in [0.4, 0.5) is 0 Å². The third-order valence-corrected chi connectivity index (χ3v) is 5.34. The first-order valence-electron chi connectivity index (χ1n) is 8.80. The van der Waals surface area contributed by atoms with E-state index in [9.17, 15) is 4.79 Å². The van der Waals surface area contributed by atoms with E-state index in [1.165, 1.54) is 11.8 Å². The maximum absolute atomic E-state index is 12.2. The monoisotopic (exact) mass is 416 g/mol. The lowest BCUT2D eigenvalue weighted by atomic mass is 10.2. The molecule has 0 unspecified atom stereocenters. The molecule has 29 heavy (non-hydrogen) atoms. The molecule has 3 aromatic rings. The number of fused-ring (bicyclic) bond motifs is 1. The van der Waals surface area contributed by atoms with Crippen molar-refractivity contribution in [3.05, 3.63) is 30.0 Å². The average molecular weight is 416 g/mol. The van der Waals surface area contributed by atoms with Gasteiger partial charge in [0, 0.05) is 26.8 Å². The summed E-state index contributed by atoms with van der Waals surface area (Å²) >= 11 is 1.31. The van der Waals surface area contributed by atoms with Crippen LogP contribution < -0.4 is 19.5 Å². The van der Waals surface area contributed by atoms with Crippen LogP contribution >= 0.6 is 11.8 Å². The number of nitrogens with one attached hydrogen (secondary N) is 1. The van der Waals surface area contributed by atoms with E-state index in [1.54, 1.807) is 11.8 Å². The number of hydrogen-bond acceptors (Lipinski definition) is 8. The van der Waals surface area contributed by atoms with Crippen molar-refractivity contribution in [1.82, 2.24) is 29.9 Å². The lowest BCUT2D eigenvalue weighted by Crippen LogP contribution is -2.24. The molecule has 0 radical (unpaired) electrons. The zero-order valence-electron chi connectivity index (χ0n) is 16.2. The minimum Gasteiger partial charge on any atom is -0.479 e. The third kappa shape index (κ3) is 3.99. The van der Waals surface area contributed by atoms with Crippen LogP contribution in [-0.4, -0.2) is 50.1 Å². The Hall–Kier alpha value is -3.21. The highest BCUT2D eigenvalue weighted by molar-refractivity contribution is 7.99. The molecule has 4 rings (SSSR count). The second-order valence-corrected chi connectivity index (χ2v) is 7.29. The van der Waals surface area contributed by atoms with Gasteiger partial charge in [-0.25, -0.2) is 0 Å². The van der Waals surface area contributed by atoms with E-state index < -0.39 is 0 Å². The zero-order valence-corrected chi connectivity index (χ0v) is 17.0. The fourth-order valence-electron chi connectivity index (χ4n) is 2.88. The molecule has 0 atom stereocenters. The number of thioether (sulfide) groups is 1. The van der Waals surface area contributed by atoms with E-state index in [0.29, 0.717) is 29.2 Å². The van der Waals surface area contributed by atoms with Crippen LogP contribution in [0.5, 0.6) is 17.4 Å². The molecule has 1 aliphatic heterocycles. The average Bonchev–Trinajstić information content (AvgIpc) is 3.42. The van der Waals surface area contributed by atoms with Crippen molar-refractivity contribution in [2.24, 2.45) is 14.1 Å². The van der Waals surface area contributed by atoms with Crippen LogP contribution in [0.1, 0.15) is 5.56 Å². The van der Waals surface area contributed by atoms with Crippen molar-refractivity contribution in [2.75, 3.05) is 19.7 Å². The van der Waals surface area contributed by atoms with Crippen molar-refractivity contribution < 1.29 is 19.0 Å².